The van der Waals surface area contributed by atoms with Crippen LogP contribution in [-0.4, -0.2) is 56.4 Å². The van der Waals surface area contributed by atoms with Crippen molar-refractivity contribution in [2.75, 3.05) is 26.4 Å². The first-order chi connectivity index (χ1) is 12.5. The third-order valence-electron chi connectivity index (χ3n) is 4.19. The van der Waals surface area contributed by atoms with E-state index in [1.54, 1.807) is 0 Å². The SMILES string of the molecule is CC(C)(C)c1ccc(OCC(CO)(CO)CO)c(C(C)(C)C)c1.O=P(O)(O)O. The van der Waals surface area contributed by atoms with Crippen LogP contribution in [0.15, 0.2) is 18.2 Å². The summed E-state index contributed by atoms with van der Waals surface area (Å²) in [5.41, 5.74) is 1.22. The number of benzene rings is 1. The first-order valence-corrected chi connectivity index (χ1v) is 10.4. The van der Waals surface area contributed by atoms with E-state index in [0.29, 0.717) is 0 Å². The molecule has 0 saturated heterocycles. The summed E-state index contributed by atoms with van der Waals surface area (Å²) in [6.45, 7) is 12.0. The lowest BCUT2D eigenvalue weighted by atomic mass is 9.80. The van der Waals surface area contributed by atoms with Gasteiger partial charge in [0.15, 0.2) is 0 Å². The minimum atomic E-state index is -4.64. The van der Waals surface area contributed by atoms with Gasteiger partial charge < -0.3 is 34.7 Å². The van der Waals surface area contributed by atoms with Crippen molar-refractivity contribution in [2.45, 2.75) is 52.4 Å². The van der Waals surface area contributed by atoms with Gasteiger partial charge in [-0.2, -0.15) is 0 Å². The van der Waals surface area contributed by atoms with Gasteiger partial charge in [-0.3, -0.25) is 0 Å². The first kappa shape index (κ1) is 27.0. The van der Waals surface area contributed by atoms with Crippen LogP contribution in [0.3, 0.4) is 0 Å². The molecule has 164 valence electrons. The summed E-state index contributed by atoms with van der Waals surface area (Å²) < 4.78 is 14.8. The van der Waals surface area contributed by atoms with Crippen LogP contribution in [0.1, 0.15) is 52.7 Å². The Morgan fingerprint density at radius 2 is 1.29 bits per heavy atom. The Kier molecular flexibility index (Phi) is 9.80. The molecule has 1 aromatic carbocycles. The highest BCUT2D eigenvalue weighted by molar-refractivity contribution is 7.45. The van der Waals surface area contributed by atoms with Crippen molar-refractivity contribution < 1.29 is 39.3 Å². The fraction of sp³-hybridized carbons (Fsp3) is 0.684. The third kappa shape index (κ3) is 9.47. The second kappa shape index (κ2) is 10.2. The average Bonchev–Trinajstić information content (AvgIpc) is 2.53. The van der Waals surface area contributed by atoms with Crippen LogP contribution in [0, 0.1) is 5.41 Å². The molecular weight excluding hydrogens is 387 g/mol. The van der Waals surface area contributed by atoms with Gasteiger partial charge in [0.1, 0.15) is 12.4 Å². The molecule has 0 fully saturated rings. The summed E-state index contributed by atoms with van der Waals surface area (Å²) in [7, 11) is -4.64. The Bertz CT molecular complexity index is 634. The highest BCUT2D eigenvalue weighted by Gasteiger charge is 2.30. The molecule has 1 aromatic rings. The number of aliphatic hydroxyl groups excluding tert-OH is 3. The van der Waals surface area contributed by atoms with E-state index in [2.05, 4.69) is 47.6 Å². The van der Waals surface area contributed by atoms with Crippen molar-refractivity contribution in [2.24, 2.45) is 5.41 Å². The smallest absolute Gasteiger partial charge is 0.466 e. The Morgan fingerprint density at radius 3 is 1.61 bits per heavy atom. The maximum atomic E-state index is 9.43. The van der Waals surface area contributed by atoms with Crippen LogP contribution in [-0.2, 0) is 15.4 Å². The molecule has 9 heteroatoms. The van der Waals surface area contributed by atoms with Crippen molar-refractivity contribution in [1.82, 2.24) is 0 Å². The van der Waals surface area contributed by atoms with E-state index < -0.39 is 13.2 Å². The minimum Gasteiger partial charge on any atom is -0.492 e. The van der Waals surface area contributed by atoms with Crippen molar-refractivity contribution >= 4 is 7.82 Å². The highest BCUT2D eigenvalue weighted by Crippen LogP contribution is 2.36. The number of rotatable bonds is 6. The molecule has 8 nitrogen and oxygen atoms in total. The van der Waals surface area contributed by atoms with Gasteiger partial charge in [-0.05, 0) is 28.0 Å². The second-order valence-corrected chi connectivity index (χ2v) is 10.0. The van der Waals surface area contributed by atoms with Gasteiger partial charge in [0.25, 0.3) is 0 Å². The van der Waals surface area contributed by atoms with E-state index in [1.165, 1.54) is 5.56 Å². The van der Waals surface area contributed by atoms with E-state index in [9.17, 15) is 15.3 Å². The maximum absolute atomic E-state index is 9.43. The molecule has 1 rings (SSSR count). The number of ether oxygens (including phenoxy) is 1. The molecule has 0 aliphatic carbocycles. The predicted octanol–water partition coefficient (Wildman–Crippen LogP) is 1.70. The molecule has 0 radical (unpaired) electrons. The summed E-state index contributed by atoms with van der Waals surface area (Å²) in [4.78, 5) is 21.6. The summed E-state index contributed by atoms with van der Waals surface area (Å²) in [6.07, 6.45) is 0. The van der Waals surface area contributed by atoms with E-state index >= 15 is 0 Å². The van der Waals surface area contributed by atoms with Crippen molar-refractivity contribution in [1.29, 1.82) is 0 Å². The average molecular weight is 422 g/mol. The Hall–Kier alpha value is -0.990. The summed E-state index contributed by atoms with van der Waals surface area (Å²) in [6, 6.07) is 6.15. The molecule has 0 atom stereocenters. The van der Waals surface area contributed by atoms with Crippen LogP contribution >= 0.6 is 7.82 Å². The molecule has 0 saturated carbocycles. The standard InChI is InChI=1S/C19H32O4.H3O4P/c1-17(2,3)14-7-8-16(15(9-14)18(4,5)6)23-13-19(10-20,11-21)12-22;1-5(2,3)4/h7-9,20-22H,10-13H2,1-6H3;(H3,1,2,3,4). The fourth-order valence-corrected chi connectivity index (χ4v) is 2.23. The number of hydrogen-bond donors (Lipinski definition) is 6. The maximum Gasteiger partial charge on any atom is 0.466 e. The van der Waals surface area contributed by atoms with Gasteiger partial charge >= 0.3 is 7.82 Å². The van der Waals surface area contributed by atoms with E-state index in [4.69, 9.17) is 24.0 Å². The quantitative estimate of drug-likeness (QED) is 0.380. The lowest BCUT2D eigenvalue weighted by Crippen LogP contribution is -2.40. The van der Waals surface area contributed by atoms with Crippen LogP contribution in [0.2, 0.25) is 0 Å². The molecule has 6 N–H and O–H groups in total. The number of phosphoric acid groups is 1. The summed E-state index contributed by atoms with van der Waals surface area (Å²) >= 11 is 0. The molecular formula is C19H35O8P. The fourth-order valence-electron chi connectivity index (χ4n) is 2.23. The Morgan fingerprint density at radius 1 is 0.857 bits per heavy atom. The third-order valence-corrected chi connectivity index (χ3v) is 4.19. The zero-order valence-corrected chi connectivity index (χ0v) is 18.4. The molecule has 0 amide bonds. The molecule has 28 heavy (non-hydrogen) atoms. The van der Waals surface area contributed by atoms with Crippen molar-refractivity contribution in [3.63, 3.8) is 0 Å². The van der Waals surface area contributed by atoms with Gasteiger partial charge in [0.05, 0.1) is 25.2 Å². The largest absolute Gasteiger partial charge is 0.492 e. The monoisotopic (exact) mass is 422 g/mol. The summed E-state index contributed by atoms with van der Waals surface area (Å²) in [5.74, 6) is 0.727. The molecule has 0 unspecified atom stereocenters. The highest BCUT2D eigenvalue weighted by atomic mass is 31.2. The zero-order chi connectivity index (χ0) is 22.4. The number of aliphatic hydroxyl groups is 3. The van der Waals surface area contributed by atoms with Crippen molar-refractivity contribution in [3.05, 3.63) is 29.3 Å². The van der Waals surface area contributed by atoms with Gasteiger partial charge in [-0.15, -0.1) is 0 Å². The molecule has 0 bridgehead atoms. The van der Waals surface area contributed by atoms with Gasteiger partial charge in [0, 0.05) is 0 Å². The first-order valence-electron chi connectivity index (χ1n) is 8.88. The van der Waals surface area contributed by atoms with Crippen LogP contribution in [0.5, 0.6) is 5.75 Å². The van der Waals surface area contributed by atoms with Crippen LogP contribution in [0.4, 0.5) is 0 Å². The molecule has 0 aliphatic heterocycles. The van der Waals surface area contributed by atoms with E-state index in [0.717, 1.165) is 11.3 Å². The van der Waals surface area contributed by atoms with E-state index in [1.807, 2.05) is 12.1 Å². The van der Waals surface area contributed by atoms with Gasteiger partial charge in [0.2, 0.25) is 0 Å². The topological polar surface area (TPSA) is 148 Å². The molecule has 0 aliphatic rings. The zero-order valence-electron chi connectivity index (χ0n) is 17.5. The summed E-state index contributed by atoms with van der Waals surface area (Å²) in [5, 5.41) is 28.3. The van der Waals surface area contributed by atoms with Crippen LogP contribution < -0.4 is 4.74 Å². The molecule has 0 heterocycles. The van der Waals surface area contributed by atoms with Crippen LogP contribution in [0.25, 0.3) is 0 Å². The van der Waals surface area contributed by atoms with Gasteiger partial charge in [-0.25, -0.2) is 4.57 Å². The van der Waals surface area contributed by atoms with Gasteiger partial charge in [-0.1, -0.05) is 53.7 Å². The Labute approximate surface area is 167 Å². The van der Waals surface area contributed by atoms with E-state index in [-0.39, 0.29) is 37.3 Å². The van der Waals surface area contributed by atoms with Crippen molar-refractivity contribution in [3.8, 4) is 5.75 Å². The second-order valence-electron chi connectivity index (χ2n) is 8.99. The molecule has 0 aromatic heterocycles. The number of hydrogen-bond acceptors (Lipinski definition) is 5. The lowest BCUT2D eigenvalue weighted by molar-refractivity contribution is -0.0262. The Balaban J connectivity index is 0.00000129. The lowest BCUT2D eigenvalue weighted by Gasteiger charge is -2.30. The molecule has 0 spiro atoms. The minimum absolute atomic E-state index is 0.0452. The predicted molar refractivity (Wildman–Crippen MR) is 107 cm³/mol. The normalized spacial score (nSPS) is 13.0.